The Morgan fingerprint density at radius 3 is 2.41 bits per heavy atom. The van der Waals surface area contributed by atoms with Crippen LogP contribution in [0.4, 0.5) is 0 Å². The molecule has 0 amide bonds. The highest BCUT2D eigenvalue weighted by atomic mass is 32.2. The average Bonchev–Trinajstić information content (AvgIpc) is 3.02. The van der Waals surface area contributed by atoms with E-state index in [-0.39, 0.29) is 18.0 Å². The number of nitrogens with zero attached hydrogens (tertiary/aromatic N) is 2. The highest BCUT2D eigenvalue weighted by Crippen LogP contribution is 2.36. The van der Waals surface area contributed by atoms with Gasteiger partial charge in [-0.3, -0.25) is 0 Å². The maximum absolute atomic E-state index is 13.7. The Morgan fingerprint density at radius 1 is 1.17 bits per heavy atom. The summed E-state index contributed by atoms with van der Waals surface area (Å²) in [6.45, 7) is 5.73. The van der Waals surface area contributed by atoms with E-state index >= 15 is 0 Å². The van der Waals surface area contributed by atoms with Gasteiger partial charge in [0.2, 0.25) is 10.0 Å². The largest absolute Gasteiger partial charge is 0.497 e. The first-order valence-electron chi connectivity index (χ1n) is 9.29. The summed E-state index contributed by atoms with van der Waals surface area (Å²) in [5.74, 6) is -0.493. The summed E-state index contributed by atoms with van der Waals surface area (Å²) in [4.78, 5) is 11.1. The fraction of sp³-hybridized carbons (Fsp3) is 0.450. The number of sulfonamides is 1. The van der Waals surface area contributed by atoms with Gasteiger partial charge in [-0.15, -0.1) is 0 Å². The standard InChI is InChI=1S/C20H26N2O6S/c1-13-9-16(27-4)10-14(2)20(13)29(25,26)22-8-7-21-15(3)5-6-17(21)18(22)11-28-12-19(23)24/h5-6,9-10,18H,7-8,11-12H2,1-4H3,(H,23,24). The van der Waals surface area contributed by atoms with E-state index in [9.17, 15) is 13.2 Å². The van der Waals surface area contributed by atoms with Crippen molar-refractivity contribution in [1.29, 1.82) is 0 Å². The van der Waals surface area contributed by atoms with E-state index in [1.807, 2.05) is 19.1 Å². The second-order valence-electron chi connectivity index (χ2n) is 7.18. The van der Waals surface area contributed by atoms with Crippen LogP contribution in [0.2, 0.25) is 0 Å². The Balaban J connectivity index is 2.03. The normalized spacial score (nSPS) is 17.2. The van der Waals surface area contributed by atoms with E-state index in [1.54, 1.807) is 33.1 Å². The minimum Gasteiger partial charge on any atom is -0.497 e. The first-order chi connectivity index (χ1) is 13.7. The van der Waals surface area contributed by atoms with Crippen molar-refractivity contribution in [3.8, 4) is 5.75 Å². The van der Waals surface area contributed by atoms with Gasteiger partial charge in [-0.05, 0) is 56.2 Å². The summed E-state index contributed by atoms with van der Waals surface area (Å²) in [7, 11) is -2.30. The maximum Gasteiger partial charge on any atom is 0.329 e. The van der Waals surface area contributed by atoms with Crippen LogP contribution in [0.1, 0.15) is 28.6 Å². The summed E-state index contributed by atoms with van der Waals surface area (Å²) >= 11 is 0. The number of carboxylic acids is 1. The van der Waals surface area contributed by atoms with Gasteiger partial charge in [0.1, 0.15) is 12.4 Å². The highest BCUT2D eigenvalue weighted by molar-refractivity contribution is 7.89. The van der Waals surface area contributed by atoms with E-state index in [4.69, 9.17) is 14.6 Å². The molecule has 0 bridgehead atoms. The molecular weight excluding hydrogens is 396 g/mol. The van der Waals surface area contributed by atoms with Crippen molar-refractivity contribution in [2.24, 2.45) is 0 Å². The number of carboxylic acid groups (broad SMARTS) is 1. The number of aromatic nitrogens is 1. The smallest absolute Gasteiger partial charge is 0.329 e. The molecule has 3 rings (SSSR count). The van der Waals surface area contributed by atoms with Crippen molar-refractivity contribution in [3.05, 3.63) is 46.8 Å². The molecule has 2 heterocycles. The number of carbonyl (C=O) groups is 1. The zero-order valence-corrected chi connectivity index (χ0v) is 17.8. The van der Waals surface area contributed by atoms with Crippen molar-refractivity contribution in [2.75, 3.05) is 26.9 Å². The summed E-state index contributed by atoms with van der Waals surface area (Å²) < 4.78 is 41.4. The predicted octanol–water partition coefficient (Wildman–Crippen LogP) is 2.27. The molecule has 1 aliphatic heterocycles. The van der Waals surface area contributed by atoms with Crippen LogP contribution in [-0.4, -0.2) is 55.2 Å². The molecule has 0 saturated carbocycles. The molecule has 1 unspecified atom stereocenters. The van der Waals surface area contributed by atoms with Crippen molar-refractivity contribution < 1.29 is 27.8 Å². The number of aryl methyl sites for hydroxylation is 3. The van der Waals surface area contributed by atoms with Crippen molar-refractivity contribution in [2.45, 2.75) is 38.3 Å². The number of methoxy groups -OCH3 is 1. The summed E-state index contributed by atoms with van der Waals surface area (Å²) in [5.41, 5.74) is 3.03. The number of rotatable bonds is 7. The first-order valence-corrected chi connectivity index (χ1v) is 10.7. The second-order valence-corrected chi connectivity index (χ2v) is 9.01. The third kappa shape index (κ3) is 4.03. The molecule has 0 saturated heterocycles. The lowest BCUT2D eigenvalue weighted by molar-refractivity contribution is -0.142. The molecule has 29 heavy (non-hydrogen) atoms. The first kappa shape index (κ1) is 21.4. The van der Waals surface area contributed by atoms with Gasteiger partial charge in [0, 0.05) is 24.5 Å². The van der Waals surface area contributed by atoms with Crippen LogP contribution >= 0.6 is 0 Å². The number of fused-ring (bicyclic) bond motifs is 1. The Kier molecular flexibility index (Phi) is 6.02. The Hall–Kier alpha value is -2.36. The molecule has 1 atom stereocenters. The molecule has 1 aliphatic rings. The van der Waals surface area contributed by atoms with Crippen LogP contribution in [0.5, 0.6) is 5.75 Å². The minimum absolute atomic E-state index is 0.0385. The van der Waals surface area contributed by atoms with Gasteiger partial charge in [-0.1, -0.05) is 0 Å². The lowest BCUT2D eigenvalue weighted by Gasteiger charge is -2.36. The lowest BCUT2D eigenvalue weighted by atomic mass is 10.1. The van der Waals surface area contributed by atoms with Crippen LogP contribution in [0, 0.1) is 20.8 Å². The van der Waals surface area contributed by atoms with E-state index in [0.717, 1.165) is 11.4 Å². The molecule has 158 valence electrons. The van der Waals surface area contributed by atoms with Crippen LogP contribution in [0.25, 0.3) is 0 Å². The summed E-state index contributed by atoms with van der Waals surface area (Å²) in [5, 5.41) is 8.89. The SMILES string of the molecule is COc1cc(C)c(S(=O)(=O)N2CCn3c(C)ccc3C2COCC(=O)O)c(C)c1. The van der Waals surface area contributed by atoms with E-state index in [2.05, 4.69) is 4.57 Å². The predicted molar refractivity (Wildman–Crippen MR) is 107 cm³/mol. The Bertz CT molecular complexity index is 1000. The molecule has 1 aromatic carbocycles. The third-order valence-corrected chi connectivity index (χ3v) is 7.42. The minimum atomic E-state index is -3.84. The van der Waals surface area contributed by atoms with Gasteiger partial charge >= 0.3 is 5.97 Å². The zero-order chi connectivity index (χ0) is 21.3. The van der Waals surface area contributed by atoms with Crippen molar-refractivity contribution in [3.63, 3.8) is 0 Å². The fourth-order valence-corrected chi connectivity index (χ4v) is 5.95. The molecule has 1 N–H and O–H groups in total. The van der Waals surface area contributed by atoms with Crippen LogP contribution in [0.3, 0.4) is 0 Å². The Morgan fingerprint density at radius 2 is 1.83 bits per heavy atom. The number of hydrogen-bond donors (Lipinski definition) is 1. The van der Waals surface area contributed by atoms with Crippen LogP contribution in [-0.2, 0) is 26.1 Å². The molecule has 0 aliphatic carbocycles. The van der Waals surface area contributed by atoms with Crippen molar-refractivity contribution in [1.82, 2.24) is 8.87 Å². The maximum atomic E-state index is 13.7. The number of hydrogen-bond acceptors (Lipinski definition) is 5. The van der Waals surface area contributed by atoms with E-state index < -0.39 is 28.6 Å². The summed E-state index contributed by atoms with van der Waals surface area (Å²) in [6.07, 6.45) is 0. The number of aliphatic carboxylic acids is 1. The van der Waals surface area contributed by atoms with Gasteiger partial charge < -0.3 is 19.1 Å². The lowest BCUT2D eigenvalue weighted by Crippen LogP contribution is -2.44. The van der Waals surface area contributed by atoms with Gasteiger partial charge in [0.05, 0.1) is 24.7 Å². The van der Waals surface area contributed by atoms with Gasteiger partial charge in [0.15, 0.2) is 0 Å². The number of benzene rings is 1. The van der Waals surface area contributed by atoms with Crippen molar-refractivity contribution >= 4 is 16.0 Å². The molecule has 8 nitrogen and oxygen atoms in total. The number of ether oxygens (including phenoxy) is 2. The molecule has 9 heteroatoms. The third-order valence-electron chi connectivity index (χ3n) is 5.20. The van der Waals surface area contributed by atoms with Gasteiger partial charge in [-0.25, -0.2) is 13.2 Å². The van der Waals surface area contributed by atoms with Crippen LogP contribution < -0.4 is 4.74 Å². The molecule has 2 aromatic rings. The molecule has 1 aromatic heterocycles. The fourth-order valence-electron chi connectivity index (χ4n) is 3.95. The monoisotopic (exact) mass is 422 g/mol. The molecular formula is C20H26N2O6S. The van der Waals surface area contributed by atoms with Gasteiger partial charge in [-0.2, -0.15) is 4.31 Å². The zero-order valence-electron chi connectivity index (χ0n) is 17.0. The summed E-state index contributed by atoms with van der Waals surface area (Å²) in [6, 6.07) is 6.60. The topological polar surface area (TPSA) is 98.1 Å². The van der Waals surface area contributed by atoms with Gasteiger partial charge in [0.25, 0.3) is 0 Å². The second kappa shape index (κ2) is 8.17. The molecule has 0 radical (unpaired) electrons. The van der Waals surface area contributed by atoms with Crippen LogP contribution in [0.15, 0.2) is 29.2 Å². The molecule has 0 fully saturated rings. The highest BCUT2D eigenvalue weighted by Gasteiger charge is 2.38. The van der Waals surface area contributed by atoms with E-state index in [0.29, 0.717) is 23.4 Å². The molecule has 0 spiro atoms. The average molecular weight is 423 g/mol. The Labute approximate surface area is 170 Å². The quantitative estimate of drug-likeness (QED) is 0.735. The van der Waals surface area contributed by atoms with E-state index in [1.165, 1.54) is 4.31 Å².